The average Bonchev–Trinajstić information content (AvgIpc) is 3.00. The highest BCUT2D eigenvalue weighted by Gasteiger charge is 2.17. The van der Waals surface area contributed by atoms with Crippen molar-refractivity contribution in [3.63, 3.8) is 0 Å². The molecule has 0 spiro atoms. The summed E-state index contributed by atoms with van der Waals surface area (Å²) in [4.78, 5) is 4.28. The quantitative estimate of drug-likeness (QED) is 0.725. The van der Waals surface area contributed by atoms with Crippen molar-refractivity contribution in [3.05, 3.63) is 64.5 Å². The third-order valence-electron chi connectivity index (χ3n) is 3.73. The predicted molar refractivity (Wildman–Crippen MR) is 94.2 cm³/mol. The van der Waals surface area contributed by atoms with Gasteiger partial charge in [-0.3, -0.25) is 4.72 Å². The minimum atomic E-state index is -3.77. The molecule has 4 nitrogen and oxygen atoms in total. The summed E-state index contributed by atoms with van der Waals surface area (Å²) in [6.07, 6.45) is 0. The van der Waals surface area contributed by atoms with Crippen LogP contribution in [-0.2, 0) is 10.0 Å². The fourth-order valence-electron chi connectivity index (χ4n) is 2.16. The van der Waals surface area contributed by atoms with E-state index in [4.69, 9.17) is 0 Å². The lowest BCUT2D eigenvalue weighted by Crippen LogP contribution is -2.13. The van der Waals surface area contributed by atoms with Gasteiger partial charge in [0.2, 0.25) is 0 Å². The molecule has 25 heavy (non-hydrogen) atoms. The Morgan fingerprint density at radius 2 is 1.76 bits per heavy atom. The highest BCUT2D eigenvalue weighted by molar-refractivity contribution is 7.93. The number of benzene rings is 2. The van der Waals surface area contributed by atoms with Gasteiger partial charge in [-0.05, 0) is 55.3 Å². The van der Waals surface area contributed by atoms with Crippen LogP contribution in [0.25, 0.3) is 11.3 Å². The molecule has 0 saturated carbocycles. The van der Waals surface area contributed by atoms with Gasteiger partial charge in [0.15, 0.2) is 16.8 Å². The fraction of sp³-hybridized carbons (Fsp3) is 0.118. The van der Waals surface area contributed by atoms with Crippen LogP contribution in [0.4, 0.5) is 13.9 Å². The molecule has 2 aromatic carbocycles. The second-order valence-corrected chi connectivity index (χ2v) is 8.06. The van der Waals surface area contributed by atoms with E-state index in [1.54, 1.807) is 17.5 Å². The zero-order valence-corrected chi connectivity index (χ0v) is 15.0. The van der Waals surface area contributed by atoms with Gasteiger partial charge < -0.3 is 0 Å². The summed E-state index contributed by atoms with van der Waals surface area (Å²) in [5.41, 5.74) is 2.59. The van der Waals surface area contributed by atoms with Crippen LogP contribution in [0, 0.1) is 25.5 Å². The Kier molecular flexibility index (Phi) is 4.57. The number of nitrogens with one attached hydrogen (secondary N) is 1. The maximum Gasteiger partial charge on any atom is 0.263 e. The van der Waals surface area contributed by atoms with Gasteiger partial charge in [-0.25, -0.2) is 22.2 Å². The van der Waals surface area contributed by atoms with E-state index < -0.39 is 21.7 Å². The lowest BCUT2D eigenvalue weighted by atomic mass is 10.1. The van der Waals surface area contributed by atoms with Crippen LogP contribution in [0.3, 0.4) is 0 Å². The summed E-state index contributed by atoms with van der Waals surface area (Å²) >= 11 is 1.07. The first kappa shape index (κ1) is 17.5. The van der Waals surface area contributed by atoms with E-state index in [0.717, 1.165) is 34.6 Å². The van der Waals surface area contributed by atoms with E-state index >= 15 is 0 Å². The Morgan fingerprint density at radius 1 is 1.00 bits per heavy atom. The van der Waals surface area contributed by atoms with Gasteiger partial charge in [-0.1, -0.05) is 6.07 Å². The smallest absolute Gasteiger partial charge is 0.255 e. The molecule has 0 amide bonds. The molecular formula is C17H14F2N2O2S2. The molecule has 1 N–H and O–H groups in total. The lowest BCUT2D eigenvalue weighted by molar-refractivity contribution is 0.509. The molecule has 0 bridgehead atoms. The van der Waals surface area contributed by atoms with Crippen LogP contribution >= 0.6 is 11.3 Å². The van der Waals surface area contributed by atoms with E-state index in [1.165, 1.54) is 12.1 Å². The van der Waals surface area contributed by atoms with Crippen LogP contribution in [-0.4, -0.2) is 13.4 Å². The maximum absolute atomic E-state index is 13.3. The van der Waals surface area contributed by atoms with E-state index in [9.17, 15) is 17.2 Å². The summed E-state index contributed by atoms with van der Waals surface area (Å²) in [7, 11) is -3.77. The minimum Gasteiger partial charge on any atom is -0.255 e. The first-order valence-corrected chi connectivity index (χ1v) is 9.63. The molecule has 8 heteroatoms. The molecule has 130 valence electrons. The second-order valence-electron chi connectivity index (χ2n) is 5.52. The molecule has 0 atom stereocenters. The van der Waals surface area contributed by atoms with Gasteiger partial charge in [0.05, 0.1) is 10.6 Å². The molecule has 0 aliphatic rings. The summed E-state index contributed by atoms with van der Waals surface area (Å²) < 4.78 is 53.7. The topological polar surface area (TPSA) is 59.1 Å². The molecule has 0 saturated heterocycles. The van der Waals surface area contributed by atoms with Crippen LogP contribution in [0.2, 0.25) is 0 Å². The largest absolute Gasteiger partial charge is 0.263 e. The Balaban J connectivity index is 1.87. The maximum atomic E-state index is 13.3. The third kappa shape index (κ3) is 3.69. The predicted octanol–water partition coefficient (Wildman–Crippen LogP) is 4.51. The van der Waals surface area contributed by atoms with E-state index in [2.05, 4.69) is 9.71 Å². The number of nitrogens with zero attached hydrogens (tertiary/aromatic N) is 1. The van der Waals surface area contributed by atoms with Crippen molar-refractivity contribution in [1.29, 1.82) is 0 Å². The summed E-state index contributed by atoms with van der Waals surface area (Å²) in [5, 5.41) is 1.73. The number of anilines is 1. The number of aromatic nitrogens is 1. The average molecular weight is 380 g/mol. The first-order chi connectivity index (χ1) is 11.8. The van der Waals surface area contributed by atoms with Crippen LogP contribution in [0.5, 0.6) is 0 Å². The summed E-state index contributed by atoms with van der Waals surface area (Å²) in [6, 6.07) is 8.25. The van der Waals surface area contributed by atoms with Gasteiger partial charge in [0.25, 0.3) is 10.0 Å². The van der Waals surface area contributed by atoms with E-state index in [0.29, 0.717) is 11.3 Å². The number of aryl methyl sites for hydroxylation is 2. The molecule has 3 rings (SSSR count). The molecule has 0 aliphatic heterocycles. The fourth-order valence-corrected chi connectivity index (χ4v) is 4.22. The van der Waals surface area contributed by atoms with Crippen LogP contribution in [0.15, 0.2) is 46.7 Å². The molecule has 0 fully saturated rings. The van der Waals surface area contributed by atoms with Crippen molar-refractivity contribution < 1.29 is 17.2 Å². The molecule has 1 heterocycles. The van der Waals surface area contributed by atoms with E-state index in [1.807, 2.05) is 13.8 Å². The standard InChI is InChI=1S/C17H14F2N2O2S2/c1-10-3-5-13(7-11(10)2)25(22,23)21-17-20-16(9-24-17)12-4-6-14(18)15(19)8-12/h3-9H,1-2H3,(H,20,21). The van der Waals surface area contributed by atoms with Crippen LogP contribution in [0.1, 0.15) is 11.1 Å². The number of sulfonamides is 1. The van der Waals surface area contributed by atoms with Crippen molar-refractivity contribution >= 4 is 26.5 Å². The van der Waals surface area contributed by atoms with Crippen molar-refractivity contribution in [2.24, 2.45) is 0 Å². The Bertz CT molecular complexity index is 1050. The molecule has 3 aromatic rings. The van der Waals surface area contributed by atoms with E-state index in [-0.39, 0.29) is 10.0 Å². The first-order valence-electron chi connectivity index (χ1n) is 7.27. The number of halogens is 2. The molecular weight excluding hydrogens is 366 g/mol. The summed E-state index contributed by atoms with van der Waals surface area (Å²) in [6.45, 7) is 3.73. The van der Waals surface area contributed by atoms with Gasteiger partial charge in [-0.15, -0.1) is 11.3 Å². The van der Waals surface area contributed by atoms with Crippen molar-refractivity contribution in [1.82, 2.24) is 4.98 Å². The Labute approximate surface area is 148 Å². The SMILES string of the molecule is Cc1ccc(S(=O)(=O)Nc2nc(-c3ccc(F)c(F)c3)cs2)cc1C. The van der Waals surface area contributed by atoms with Gasteiger partial charge in [0.1, 0.15) is 0 Å². The normalized spacial score (nSPS) is 11.5. The third-order valence-corrected chi connectivity index (χ3v) is 5.95. The monoisotopic (exact) mass is 380 g/mol. The second kappa shape index (κ2) is 6.53. The number of hydrogen-bond acceptors (Lipinski definition) is 4. The molecule has 1 aromatic heterocycles. The Morgan fingerprint density at radius 3 is 2.44 bits per heavy atom. The van der Waals surface area contributed by atoms with Gasteiger partial charge in [-0.2, -0.15) is 0 Å². The highest BCUT2D eigenvalue weighted by atomic mass is 32.2. The molecule has 0 radical (unpaired) electrons. The number of hydrogen-bond donors (Lipinski definition) is 1. The molecule has 0 unspecified atom stereocenters. The Hall–Kier alpha value is -2.32. The molecule has 0 aliphatic carbocycles. The summed E-state index contributed by atoms with van der Waals surface area (Å²) in [5.74, 6) is -1.93. The number of rotatable bonds is 4. The van der Waals surface area contributed by atoms with Crippen molar-refractivity contribution in [2.45, 2.75) is 18.7 Å². The number of thiazole rings is 1. The van der Waals surface area contributed by atoms with Gasteiger partial charge in [0, 0.05) is 10.9 Å². The minimum absolute atomic E-state index is 0.139. The van der Waals surface area contributed by atoms with Crippen LogP contribution < -0.4 is 4.72 Å². The lowest BCUT2D eigenvalue weighted by Gasteiger charge is -2.07. The highest BCUT2D eigenvalue weighted by Crippen LogP contribution is 2.28. The zero-order valence-electron chi connectivity index (χ0n) is 13.4. The van der Waals surface area contributed by atoms with Gasteiger partial charge >= 0.3 is 0 Å². The zero-order chi connectivity index (χ0) is 18.2. The van der Waals surface area contributed by atoms with Crippen molar-refractivity contribution in [3.8, 4) is 11.3 Å². The van der Waals surface area contributed by atoms with Crippen molar-refractivity contribution in [2.75, 3.05) is 4.72 Å².